The molecule has 0 N–H and O–H groups in total. The number of rotatable bonds is 9. The van der Waals surface area contributed by atoms with Gasteiger partial charge in [-0.15, -0.1) is 0 Å². The molecule has 0 bridgehead atoms. The van der Waals surface area contributed by atoms with Crippen molar-refractivity contribution in [1.29, 1.82) is 0 Å². The van der Waals surface area contributed by atoms with Crippen LogP contribution in [0.3, 0.4) is 0 Å². The van der Waals surface area contributed by atoms with E-state index in [1.54, 1.807) is 12.1 Å². The molecule has 5 rings (SSSR count). The highest BCUT2D eigenvalue weighted by molar-refractivity contribution is 6.31. The summed E-state index contributed by atoms with van der Waals surface area (Å²) in [6.45, 7) is 0. The van der Waals surface area contributed by atoms with Gasteiger partial charge >= 0.3 is 0 Å². The molecule has 202 valence electrons. The first-order chi connectivity index (χ1) is 19.4. The van der Waals surface area contributed by atoms with E-state index in [0.717, 1.165) is 27.8 Å². The lowest BCUT2D eigenvalue weighted by molar-refractivity contribution is 0.585. The van der Waals surface area contributed by atoms with Gasteiger partial charge in [0.2, 0.25) is 0 Å². The van der Waals surface area contributed by atoms with E-state index in [0.29, 0.717) is 51.9 Å². The smallest absolute Gasteiger partial charge is 0.130 e. The van der Waals surface area contributed by atoms with Gasteiger partial charge in [-0.1, -0.05) is 102 Å². The van der Waals surface area contributed by atoms with Crippen molar-refractivity contribution in [3.8, 4) is 0 Å². The third kappa shape index (κ3) is 7.12. The molecule has 0 radical (unpaired) electrons. The Morgan fingerprint density at radius 3 is 2.00 bits per heavy atom. The average molecular weight is 592 g/mol. The normalized spacial score (nSPS) is 11.9. The van der Waals surface area contributed by atoms with Gasteiger partial charge in [-0.05, 0) is 100 Å². The van der Waals surface area contributed by atoms with Gasteiger partial charge in [0.05, 0.1) is 0 Å². The van der Waals surface area contributed by atoms with Crippen LogP contribution in [-0.4, -0.2) is 0 Å². The Morgan fingerprint density at radius 2 is 1.27 bits per heavy atom. The lowest BCUT2D eigenvalue weighted by Gasteiger charge is -2.24. The van der Waals surface area contributed by atoms with Crippen LogP contribution in [-0.2, 0) is 25.7 Å². The van der Waals surface area contributed by atoms with Crippen molar-refractivity contribution in [3.05, 3.63) is 175 Å². The first kappa shape index (κ1) is 28.4. The fraction of sp³-hybridized carbons (Fsp3) is 0.143. The van der Waals surface area contributed by atoms with Crippen molar-refractivity contribution in [2.45, 2.75) is 31.6 Å². The van der Waals surface area contributed by atoms with Gasteiger partial charge in [-0.2, -0.15) is 0 Å². The molecule has 0 amide bonds. The van der Waals surface area contributed by atoms with Crippen molar-refractivity contribution in [3.63, 3.8) is 0 Å². The minimum Gasteiger partial charge on any atom is -0.207 e. The van der Waals surface area contributed by atoms with Crippen LogP contribution in [0.4, 0.5) is 8.78 Å². The topological polar surface area (TPSA) is 0 Å². The quantitative estimate of drug-likeness (QED) is 0.160. The van der Waals surface area contributed by atoms with E-state index in [-0.39, 0.29) is 17.6 Å². The third-order valence-corrected chi connectivity index (χ3v) is 8.05. The standard InChI is InChI=1S/C35H27Cl3F2/c36-29-13-8-23(9-14-29)18-27-12-17-32(33(35(27)40)21-25-4-3-6-30(37)20-25)28(19-24-10-15-31(39)16-11-24)22-26-5-1-2-7-34(26)38/h1-17,20,28H,18-19,21-22H2. The largest absolute Gasteiger partial charge is 0.207 e. The van der Waals surface area contributed by atoms with Crippen LogP contribution >= 0.6 is 34.8 Å². The Hall–Kier alpha value is -3.17. The van der Waals surface area contributed by atoms with Gasteiger partial charge in [0.1, 0.15) is 11.6 Å². The van der Waals surface area contributed by atoms with E-state index in [9.17, 15) is 4.39 Å². The van der Waals surface area contributed by atoms with Crippen LogP contribution in [0.2, 0.25) is 15.1 Å². The van der Waals surface area contributed by atoms with Crippen LogP contribution in [0.5, 0.6) is 0 Å². The van der Waals surface area contributed by atoms with Gasteiger partial charge in [0.15, 0.2) is 0 Å². The van der Waals surface area contributed by atoms with Crippen LogP contribution in [0.25, 0.3) is 0 Å². The van der Waals surface area contributed by atoms with Gasteiger partial charge in [-0.3, -0.25) is 0 Å². The maximum atomic E-state index is 16.5. The zero-order chi connectivity index (χ0) is 28.1. The molecule has 0 aliphatic heterocycles. The Balaban J connectivity index is 1.60. The average Bonchev–Trinajstić information content (AvgIpc) is 2.94. The van der Waals surface area contributed by atoms with Gasteiger partial charge in [0, 0.05) is 27.9 Å². The molecule has 0 fully saturated rings. The fourth-order valence-electron chi connectivity index (χ4n) is 5.18. The SMILES string of the molecule is Fc1ccc(CC(Cc2ccccc2Cl)c2ccc(Cc3ccc(Cl)cc3)c(F)c2Cc2cccc(Cl)c2)cc1. The zero-order valence-corrected chi connectivity index (χ0v) is 24.0. The molecule has 0 saturated carbocycles. The molecule has 0 saturated heterocycles. The second-order valence-electron chi connectivity index (χ2n) is 10.0. The minimum absolute atomic E-state index is 0.0985. The summed E-state index contributed by atoms with van der Waals surface area (Å²) in [4.78, 5) is 0. The third-order valence-electron chi connectivity index (χ3n) is 7.20. The van der Waals surface area contributed by atoms with Crippen LogP contribution < -0.4 is 0 Å². The molecule has 1 unspecified atom stereocenters. The summed E-state index contributed by atoms with van der Waals surface area (Å²) in [5.74, 6) is -0.611. The Bertz CT molecular complexity index is 1590. The fourth-order valence-corrected chi connectivity index (χ4v) is 5.73. The summed E-state index contributed by atoms with van der Waals surface area (Å²) in [6, 6.07) is 33.2. The number of halogens is 5. The van der Waals surface area contributed by atoms with E-state index in [4.69, 9.17) is 34.8 Å². The van der Waals surface area contributed by atoms with Crippen molar-refractivity contribution < 1.29 is 8.78 Å². The predicted molar refractivity (Wildman–Crippen MR) is 163 cm³/mol. The summed E-state index contributed by atoms with van der Waals surface area (Å²) >= 11 is 18.9. The van der Waals surface area contributed by atoms with Crippen LogP contribution in [0.15, 0.2) is 109 Å². The zero-order valence-electron chi connectivity index (χ0n) is 21.7. The molecule has 0 nitrogen and oxygen atoms in total. The minimum atomic E-state index is -0.286. The van der Waals surface area contributed by atoms with Gasteiger partial charge in [0.25, 0.3) is 0 Å². The second-order valence-corrected chi connectivity index (χ2v) is 11.3. The van der Waals surface area contributed by atoms with Crippen LogP contribution in [0.1, 0.15) is 44.9 Å². The molecular formula is C35H27Cl3F2. The second kappa shape index (κ2) is 13.0. The van der Waals surface area contributed by atoms with E-state index in [2.05, 4.69) is 0 Å². The van der Waals surface area contributed by atoms with Crippen molar-refractivity contribution in [1.82, 2.24) is 0 Å². The van der Waals surface area contributed by atoms with Gasteiger partial charge in [-0.25, -0.2) is 8.78 Å². The van der Waals surface area contributed by atoms with E-state index in [1.165, 1.54) is 12.1 Å². The monoisotopic (exact) mass is 590 g/mol. The molecule has 0 spiro atoms. The maximum Gasteiger partial charge on any atom is 0.130 e. The van der Waals surface area contributed by atoms with Crippen molar-refractivity contribution in [2.75, 3.05) is 0 Å². The molecule has 1 atom stereocenters. The molecule has 5 heteroatoms. The molecule has 5 aromatic rings. The summed E-state index contributed by atoms with van der Waals surface area (Å²) in [7, 11) is 0. The first-order valence-corrected chi connectivity index (χ1v) is 14.3. The van der Waals surface area contributed by atoms with Gasteiger partial charge < -0.3 is 0 Å². The Kier molecular flexibility index (Phi) is 9.22. The number of hydrogen-bond acceptors (Lipinski definition) is 0. The van der Waals surface area contributed by atoms with E-state index < -0.39 is 0 Å². The van der Waals surface area contributed by atoms with Crippen molar-refractivity contribution in [2.24, 2.45) is 0 Å². The summed E-state index contributed by atoms with van der Waals surface area (Å²) in [6.07, 6.45) is 2.04. The highest BCUT2D eigenvalue weighted by Crippen LogP contribution is 2.34. The Morgan fingerprint density at radius 1 is 0.550 bits per heavy atom. The van der Waals surface area contributed by atoms with E-state index in [1.807, 2.05) is 84.9 Å². The van der Waals surface area contributed by atoms with Crippen LogP contribution in [0, 0.1) is 11.6 Å². The molecule has 0 aliphatic carbocycles. The number of hydrogen-bond donors (Lipinski definition) is 0. The molecule has 0 heterocycles. The van der Waals surface area contributed by atoms with Crippen molar-refractivity contribution >= 4 is 34.8 Å². The molecule has 5 aromatic carbocycles. The molecular weight excluding hydrogens is 565 g/mol. The van der Waals surface area contributed by atoms with E-state index >= 15 is 4.39 Å². The highest BCUT2D eigenvalue weighted by Gasteiger charge is 2.23. The lowest BCUT2D eigenvalue weighted by Crippen LogP contribution is -2.13. The number of benzene rings is 5. The predicted octanol–water partition coefficient (Wildman–Crippen LogP) is 10.7. The summed E-state index contributed by atoms with van der Waals surface area (Å²) in [5, 5.41) is 1.92. The Labute approximate surface area is 249 Å². The summed E-state index contributed by atoms with van der Waals surface area (Å²) < 4.78 is 30.2. The first-order valence-electron chi connectivity index (χ1n) is 13.1. The molecule has 0 aromatic heterocycles. The maximum absolute atomic E-state index is 16.5. The highest BCUT2D eigenvalue weighted by atomic mass is 35.5. The lowest BCUT2D eigenvalue weighted by atomic mass is 9.81. The molecule has 0 aliphatic rings. The molecule has 40 heavy (non-hydrogen) atoms. The summed E-state index contributed by atoms with van der Waals surface area (Å²) in [5.41, 5.74) is 6.00.